The molecule has 2 aromatic carbocycles. The summed E-state index contributed by atoms with van der Waals surface area (Å²) in [5, 5.41) is 9.60. The van der Waals surface area contributed by atoms with Crippen LogP contribution in [0.4, 0.5) is 5.69 Å². The first-order valence-electron chi connectivity index (χ1n) is 14.2. The minimum absolute atomic E-state index is 0.0521. The van der Waals surface area contributed by atoms with Gasteiger partial charge in [0.15, 0.2) is 8.32 Å². The molecule has 0 saturated heterocycles. The molecular formula is C32H46ClN3O3Si2. The lowest BCUT2D eigenvalue weighted by atomic mass is 9.92. The lowest BCUT2D eigenvalue weighted by Crippen LogP contribution is -2.44. The largest absolute Gasteiger partial charge is 0.544 e. The molecule has 0 spiro atoms. The Kier molecular flexibility index (Phi) is 9.71. The van der Waals surface area contributed by atoms with E-state index in [9.17, 15) is 0 Å². The zero-order valence-electron chi connectivity index (χ0n) is 26.8. The van der Waals surface area contributed by atoms with E-state index in [0.717, 1.165) is 22.4 Å². The summed E-state index contributed by atoms with van der Waals surface area (Å²) >= 11 is 6.54. The minimum Gasteiger partial charge on any atom is -0.544 e. The van der Waals surface area contributed by atoms with E-state index in [0.29, 0.717) is 28.9 Å². The Morgan fingerprint density at radius 3 is 2.05 bits per heavy atom. The second kappa shape index (κ2) is 12.0. The summed E-state index contributed by atoms with van der Waals surface area (Å²) in [5.41, 5.74) is 3.21. The standard InChI is InChI=1S/C32H46ClN3O3Si2/c1-21-24(16-19-27(34-9)28(21)33)20-26(22(2)38-40(10,11)31(3,4)5)30-36-35-29(37-30)23-14-17-25(18-15-23)39-41(12,13)32(6,7)8/h14-19,22,26H,20H2,1-8,10-13H3/t22-,26-/m1/s1. The summed E-state index contributed by atoms with van der Waals surface area (Å²) < 4.78 is 19.6. The van der Waals surface area contributed by atoms with E-state index in [1.807, 2.05) is 37.3 Å². The zero-order chi connectivity index (χ0) is 31.0. The van der Waals surface area contributed by atoms with Crippen molar-refractivity contribution >= 4 is 33.9 Å². The second-order valence-electron chi connectivity index (χ2n) is 14.0. The van der Waals surface area contributed by atoms with Gasteiger partial charge < -0.3 is 13.3 Å². The molecule has 0 unspecified atom stereocenters. The van der Waals surface area contributed by atoms with Crippen molar-refractivity contribution in [2.45, 2.75) is 110 Å². The van der Waals surface area contributed by atoms with Crippen molar-refractivity contribution in [1.82, 2.24) is 10.2 Å². The Morgan fingerprint density at radius 2 is 1.51 bits per heavy atom. The zero-order valence-corrected chi connectivity index (χ0v) is 29.5. The van der Waals surface area contributed by atoms with Gasteiger partial charge in [-0.1, -0.05) is 65.3 Å². The van der Waals surface area contributed by atoms with E-state index >= 15 is 0 Å². The molecule has 0 N–H and O–H groups in total. The number of rotatable bonds is 9. The molecule has 0 saturated carbocycles. The fourth-order valence-electron chi connectivity index (χ4n) is 4.05. The molecule has 0 fully saturated rings. The maximum absolute atomic E-state index is 7.41. The average molecular weight is 612 g/mol. The van der Waals surface area contributed by atoms with Gasteiger partial charge in [-0.15, -0.1) is 10.2 Å². The number of aromatic nitrogens is 2. The molecule has 0 amide bonds. The Labute approximate surface area is 253 Å². The summed E-state index contributed by atoms with van der Waals surface area (Å²) in [6.45, 7) is 33.8. The highest BCUT2D eigenvalue weighted by Gasteiger charge is 2.41. The van der Waals surface area contributed by atoms with Crippen LogP contribution in [0.1, 0.15) is 71.4 Å². The molecule has 0 aliphatic heterocycles. The van der Waals surface area contributed by atoms with E-state index in [1.54, 1.807) is 6.07 Å². The highest BCUT2D eigenvalue weighted by molar-refractivity contribution is 6.75. The molecule has 1 aromatic heterocycles. The van der Waals surface area contributed by atoms with Crippen LogP contribution >= 0.6 is 11.6 Å². The molecule has 0 radical (unpaired) electrons. The topological polar surface area (TPSA) is 61.7 Å². The minimum atomic E-state index is -2.08. The van der Waals surface area contributed by atoms with Crippen LogP contribution in [-0.2, 0) is 10.8 Å². The number of halogens is 1. The number of nitrogens with zero attached hydrogens (tertiary/aromatic N) is 3. The van der Waals surface area contributed by atoms with Gasteiger partial charge in [0.2, 0.25) is 25.8 Å². The molecule has 3 aromatic rings. The lowest BCUT2D eigenvalue weighted by molar-refractivity contribution is 0.154. The van der Waals surface area contributed by atoms with Gasteiger partial charge >= 0.3 is 0 Å². The van der Waals surface area contributed by atoms with E-state index in [-0.39, 0.29) is 22.1 Å². The van der Waals surface area contributed by atoms with Crippen LogP contribution in [0.2, 0.25) is 41.3 Å². The van der Waals surface area contributed by atoms with Crippen LogP contribution in [0, 0.1) is 13.5 Å². The second-order valence-corrected chi connectivity index (χ2v) is 23.9. The van der Waals surface area contributed by atoms with Crippen molar-refractivity contribution < 1.29 is 13.3 Å². The van der Waals surface area contributed by atoms with Crippen molar-refractivity contribution in [2.24, 2.45) is 0 Å². The predicted molar refractivity (Wildman–Crippen MR) is 174 cm³/mol. The molecule has 0 bridgehead atoms. The summed E-state index contributed by atoms with van der Waals surface area (Å²) in [6, 6.07) is 11.6. The fraction of sp³-hybridized carbons (Fsp3) is 0.531. The van der Waals surface area contributed by atoms with Crippen LogP contribution in [0.15, 0.2) is 40.8 Å². The van der Waals surface area contributed by atoms with E-state index in [2.05, 4.69) is 89.7 Å². The van der Waals surface area contributed by atoms with Gasteiger partial charge in [0, 0.05) is 5.56 Å². The Balaban J connectivity index is 1.95. The maximum atomic E-state index is 7.41. The summed E-state index contributed by atoms with van der Waals surface area (Å²) in [5.74, 6) is 1.64. The van der Waals surface area contributed by atoms with Crippen LogP contribution in [-0.4, -0.2) is 32.9 Å². The lowest BCUT2D eigenvalue weighted by Gasteiger charge is -2.40. The summed E-state index contributed by atoms with van der Waals surface area (Å²) in [4.78, 5) is 3.55. The van der Waals surface area contributed by atoms with Crippen molar-refractivity contribution in [3.63, 3.8) is 0 Å². The third-order valence-electron chi connectivity index (χ3n) is 8.93. The monoisotopic (exact) mass is 611 g/mol. The van der Waals surface area contributed by atoms with Gasteiger partial charge in [-0.2, -0.15) is 0 Å². The number of hydrogen-bond acceptors (Lipinski definition) is 5. The maximum Gasteiger partial charge on any atom is 0.250 e. The smallest absolute Gasteiger partial charge is 0.250 e. The normalized spacial score (nSPS) is 14.4. The molecule has 1 heterocycles. The van der Waals surface area contributed by atoms with Crippen molar-refractivity contribution in [3.05, 3.63) is 69.9 Å². The first kappa shape index (κ1) is 33.1. The van der Waals surface area contributed by atoms with Gasteiger partial charge in [0.25, 0.3) is 0 Å². The van der Waals surface area contributed by atoms with Gasteiger partial charge in [-0.05, 0) is 91.9 Å². The van der Waals surface area contributed by atoms with Crippen molar-refractivity contribution in [3.8, 4) is 17.2 Å². The third-order valence-corrected chi connectivity index (χ3v) is 18.3. The Bertz CT molecular complexity index is 1400. The molecule has 41 heavy (non-hydrogen) atoms. The molecule has 9 heteroatoms. The highest BCUT2D eigenvalue weighted by atomic mass is 35.5. The Morgan fingerprint density at radius 1 is 0.927 bits per heavy atom. The van der Waals surface area contributed by atoms with Crippen LogP contribution in [0.3, 0.4) is 0 Å². The van der Waals surface area contributed by atoms with Gasteiger partial charge in [0.05, 0.1) is 23.6 Å². The van der Waals surface area contributed by atoms with Crippen molar-refractivity contribution in [2.75, 3.05) is 0 Å². The van der Waals surface area contributed by atoms with Gasteiger partial charge in [-0.25, -0.2) is 4.85 Å². The first-order chi connectivity index (χ1) is 18.8. The van der Waals surface area contributed by atoms with Crippen LogP contribution < -0.4 is 4.43 Å². The SMILES string of the molecule is [C-]#[N+]c1ccc(C[C@@H](c2nnc(-c3ccc(O[Si](C)(C)C(C)(C)C)cc3)o2)[C@@H](C)O[Si](C)(C)C(C)(C)C)c(C)c1Cl. The van der Waals surface area contributed by atoms with E-state index < -0.39 is 16.6 Å². The molecule has 3 rings (SSSR count). The molecule has 2 atom stereocenters. The Hall–Kier alpha value is -2.45. The highest BCUT2D eigenvalue weighted by Crippen LogP contribution is 2.41. The predicted octanol–water partition coefficient (Wildman–Crippen LogP) is 10.4. The van der Waals surface area contributed by atoms with Gasteiger partial charge in [0.1, 0.15) is 5.75 Å². The molecule has 6 nitrogen and oxygen atoms in total. The molecule has 0 aliphatic carbocycles. The number of hydrogen-bond donors (Lipinski definition) is 0. The van der Waals surface area contributed by atoms with Crippen LogP contribution in [0.25, 0.3) is 16.3 Å². The third kappa shape index (κ3) is 7.50. The molecule has 222 valence electrons. The summed E-state index contributed by atoms with van der Waals surface area (Å²) in [6.07, 6.45) is 0.420. The molecular weight excluding hydrogens is 566 g/mol. The molecule has 0 aliphatic rings. The summed E-state index contributed by atoms with van der Waals surface area (Å²) in [7, 11) is -4.02. The van der Waals surface area contributed by atoms with Crippen LogP contribution in [0.5, 0.6) is 5.75 Å². The van der Waals surface area contributed by atoms with E-state index in [4.69, 9.17) is 31.4 Å². The average Bonchev–Trinajstić information content (AvgIpc) is 3.33. The fourth-order valence-corrected chi connectivity index (χ4v) is 6.75. The quantitative estimate of drug-likeness (QED) is 0.178. The van der Waals surface area contributed by atoms with Crippen molar-refractivity contribution in [1.29, 1.82) is 0 Å². The number of benzene rings is 2. The van der Waals surface area contributed by atoms with E-state index in [1.165, 1.54) is 0 Å². The first-order valence-corrected chi connectivity index (χ1v) is 20.4. The van der Waals surface area contributed by atoms with Gasteiger partial charge in [-0.3, -0.25) is 0 Å².